The number of anilines is 1. The van der Waals surface area contributed by atoms with Gasteiger partial charge in [0.2, 0.25) is 0 Å². The maximum absolute atomic E-state index is 5.75. The molecule has 2 heterocycles. The number of hydrogen-bond donors (Lipinski definition) is 1. The highest BCUT2D eigenvalue weighted by Crippen LogP contribution is 2.32. The molecule has 0 bridgehead atoms. The predicted molar refractivity (Wildman–Crippen MR) is 76.1 cm³/mol. The first-order chi connectivity index (χ1) is 9.11. The number of aryl methyl sites for hydroxylation is 2. The van der Waals surface area contributed by atoms with Crippen LogP contribution >= 0.6 is 0 Å². The number of fused-ring (bicyclic) bond motifs is 1. The number of aromatic nitrogens is 3. The van der Waals surface area contributed by atoms with Crippen molar-refractivity contribution >= 4 is 16.7 Å². The van der Waals surface area contributed by atoms with Gasteiger partial charge in [-0.1, -0.05) is 6.07 Å². The third-order valence-corrected chi connectivity index (χ3v) is 3.43. The Kier molecular flexibility index (Phi) is 2.48. The Labute approximate surface area is 111 Å². The quantitative estimate of drug-likeness (QED) is 0.764. The summed E-state index contributed by atoms with van der Waals surface area (Å²) in [5.74, 6) is 1.39. The normalized spacial score (nSPS) is 11.1. The zero-order chi connectivity index (χ0) is 13.6. The molecule has 3 aromatic rings. The summed E-state index contributed by atoms with van der Waals surface area (Å²) < 4.78 is 9.31. The minimum absolute atomic E-state index is 0.523. The van der Waals surface area contributed by atoms with E-state index < -0.39 is 0 Å². The Morgan fingerprint density at radius 3 is 2.58 bits per heavy atom. The third-order valence-electron chi connectivity index (χ3n) is 3.43. The lowest BCUT2D eigenvalue weighted by Crippen LogP contribution is -1.98. The summed E-state index contributed by atoms with van der Waals surface area (Å²) in [6, 6.07) is 10.00. The fourth-order valence-electron chi connectivity index (χ4n) is 2.49. The summed E-state index contributed by atoms with van der Waals surface area (Å²) in [7, 11) is 5.60. The first kappa shape index (κ1) is 11.6. The van der Waals surface area contributed by atoms with Gasteiger partial charge in [0.1, 0.15) is 11.6 Å². The van der Waals surface area contributed by atoms with E-state index in [1.807, 2.05) is 32.3 Å². The van der Waals surface area contributed by atoms with Crippen molar-refractivity contribution < 1.29 is 4.74 Å². The van der Waals surface area contributed by atoms with Crippen molar-refractivity contribution in [2.24, 2.45) is 14.1 Å². The number of hydrogen-bond acceptors (Lipinski definition) is 3. The first-order valence-electron chi connectivity index (χ1n) is 6.04. The Bertz CT molecular complexity index is 754. The van der Waals surface area contributed by atoms with Crippen LogP contribution in [-0.4, -0.2) is 21.5 Å². The van der Waals surface area contributed by atoms with Crippen LogP contribution in [0.25, 0.3) is 22.3 Å². The molecule has 5 heteroatoms. The largest absolute Gasteiger partial charge is 0.496 e. The van der Waals surface area contributed by atoms with E-state index in [0.717, 1.165) is 28.0 Å². The summed E-state index contributed by atoms with van der Waals surface area (Å²) in [5, 5.41) is 5.28. The standard InChI is InChI=1S/C14H16N4O/c1-17-10-5-4-6-13(19-3)9(10)7-11(17)12-8-14(15)16-18(12)2/h4-8H,1-3H3,(H2,15,16). The molecule has 0 aliphatic carbocycles. The zero-order valence-electron chi connectivity index (χ0n) is 11.2. The Morgan fingerprint density at radius 2 is 1.95 bits per heavy atom. The average Bonchev–Trinajstić information content (AvgIpc) is 2.90. The van der Waals surface area contributed by atoms with Crippen LogP contribution < -0.4 is 10.5 Å². The van der Waals surface area contributed by atoms with Gasteiger partial charge in [-0.05, 0) is 18.2 Å². The van der Waals surface area contributed by atoms with Crippen molar-refractivity contribution in [3.05, 3.63) is 30.3 Å². The molecule has 0 saturated carbocycles. The highest BCUT2D eigenvalue weighted by atomic mass is 16.5. The lowest BCUT2D eigenvalue weighted by molar-refractivity contribution is 0.420. The van der Waals surface area contributed by atoms with Gasteiger partial charge in [-0.25, -0.2) is 0 Å². The summed E-state index contributed by atoms with van der Waals surface area (Å²) in [4.78, 5) is 0. The van der Waals surface area contributed by atoms with Crippen molar-refractivity contribution in [2.45, 2.75) is 0 Å². The highest BCUT2D eigenvalue weighted by molar-refractivity contribution is 5.91. The molecule has 2 N–H and O–H groups in total. The molecule has 0 amide bonds. The molecule has 0 atom stereocenters. The van der Waals surface area contributed by atoms with E-state index in [-0.39, 0.29) is 0 Å². The number of benzene rings is 1. The number of nitrogens with two attached hydrogens (primary N) is 1. The van der Waals surface area contributed by atoms with Gasteiger partial charge in [0.25, 0.3) is 0 Å². The number of rotatable bonds is 2. The van der Waals surface area contributed by atoms with E-state index in [1.165, 1.54) is 0 Å². The number of nitrogen functional groups attached to an aromatic ring is 1. The summed E-state index contributed by atoms with van der Waals surface area (Å²) in [6.07, 6.45) is 0. The zero-order valence-corrected chi connectivity index (χ0v) is 11.2. The van der Waals surface area contributed by atoms with E-state index in [1.54, 1.807) is 11.8 Å². The van der Waals surface area contributed by atoms with Gasteiger partial charge >= 0.3 is 0 Å². The van der Waals surface area contributed by atoms with Gasteiger partial charge in [0, 0.05) is 25.5 Å². The average molecular weight is 256 g/mol. The van der Waals surface area contributed by atoms with Crippen molar-refractivity contribution in [1.82, 2.24) is 14.3 Å². The molecule has 2 aromatic heterocycles. The smallest absolute Gasteiger partial charge is 0.146 e. The minimum Gasteiger partial charge on any atom is -0.496 e. The second kappa shape index (κ2) is 4.05. The third kappa shape index (κ3) is 1.66. The van der Waals surface area contributed by atoms with Gasteiger partial charge in [0.05, 0.1) is 24.0 Å². The molecular formula is C14H16N4O. The number of nitrogens with zero attached hydrogens (tertiary/aromatic N) is 3. The predicted octanol–water partition coefficient (Wildman–Crippen LogP) is 2.17. The lowest BCUT2D eigenvalue weighted by atomic mass is 10.2. The Morgan fingerprint density at radius 1 is 1.16 bits per heavy atom. The van der Waals surface area contributed by atoms with Crippen molar-refractivity contribution in [3.63, 3.8) is 0 Å². The van der Waals surface area contributed by atoms with Gasteiger partial charge in [0.15, 0.2) is 0 Å². The van der Waals surface area contributed by atoms with E-state index in [0.29, 0.717) is 5.82 Å². The fraction of sp³-hybridized carbons (Fsp3) is 0.214. The van der Waals surface area contributed by atoms with Gasteiger partial charge < -0.3 is 15.0 Å². The van der Waals surface area contributed by atoms with Gasteiger partial charge in [-0.15, -0.1) is 0 Å². The lowest BCUT2D eigenvalue weighted by Gasteiger charge is -2.04. The molecule has 0 spiro atoms. The molecular weight excluding hydrogens is 240 g/mol. The molecule has 19 heavy (non-hydrogen) atoms. The molecule has 0 saturated heterocycles. The molecule has 0 aliphatic heterocycles. The Hall–Kier alpha value is -2.43. The monoisotopic (exact) mass is 256 g/mol. The highest BCUT2D eigenvalue weighted by Gasteiger charge is 2.14. The van der Waals surface area contributed by atoms with E-state index in [9.17, 15) is 0 Å². The second-order valence-electron chi connectivity index (χ2n) is 4.56. The Balaban J connectivity index is 2.31. The van der Waals surface area contributed by atoms with Gasteiger partial charge in [-0.3, -0.25) is 4.68 Å². The van der Waals surface area contributed by atoms with Gasteiger partial charge in [-0.2, -0.15) is 5.10 Å². The van der Waals surface area contributed by atoms with E-state index in [4.69, 9.17) is 10.5 Å². The van der Waals surface area contributed by atoms with Crippen LogP contribution in [0.3, 0.4) is 0 Å². The molecule has 98 valence electrons. The van der Waals surface area contributed by atoms with E-state index in [2.05, 4.69) is 21.8 Å². The van der Waals surface area contributed by atoms with Crippen LogP contribution in [0.15, 0.2) is 30.3 Å². The summed E-state index contributed by atoms with van der Waals surface area (Å²) in [6.45, 7) is 0. The molecule has 5 nitrogen and oxygen atoms in total. The molecule has 3 rings (SSSR count). The molecule has 0 fully saturated rings. The van der Waals surface area contributed by atoms with Crippen molar-refractivity contribution in [3.8, 4) is 17.1 Å². The van der Waals surface area contributed by atoms with Crippen LogP contribution in [0.5, 0.6) is 5.75 Å². The van der Waals surface area contributed by atoms with Crippen LogP contribution in [0.2, 0.25) is 0 Å². The van der Waals surface area contributed by atoms with Crippen LogP contribution in [0, 0.1) is 0 Å². The second-order valence-corrected chi connectivity index (χ2v) is 4.56. The fourth-order valence-corrected chi connectivity index (χ4v) is 2.49. The number of methoxy groups -OCH3 is 1. The minimum atomic E-state index is 0.523. The van der Waals surface area contributed by atoms with Crippen molar-refractivity contribution in [1.29, 1.82) is 0 Å². The first-order valence-corrected chi connectivity index (χ1v) is 6.04. The van der Waals surface area contributed by atoms with Crippen LogP contribution in [-0.2, 0) is 14.1 Å². The maximum atomic E-state index is 5.75. The number of ether oxygens (including phenoxy) is 1. The summed E-state index contributed by atoms with van der Waals surface area (Å²) in [5.41, 5.74) is 8.92. The topological polar surface area (TPSA) is 58.0 Å². The molecule has 0 radical (unpaired) electrons. The molecule has 1 aromatic carbocycles. The maximum Gasteiger partial charge on any atom is 0.146 e. The van der Waals surface area contributed by atoms with Crippen LogP contribution in [0.4, 0.5) is 5.82 Å². The molecule has 0 unspecified atom stereocenters. The van der Waals surface area contributed by atoms with Crippen molar-refractivity contribution in [2.75, 3.05) is 12.8 Å². The SMILES string of the molecule is COc1cccc2c1cc(-c1cc(N)nn1C)n2C. The van der Waals surface area contributed by atoms with E-state index >= 15 is 0 Å². The van der Waals surface area contributed by atoms with Crippen LogP contribution in [0.1, 0.15) is 0 Å². The summed E-state index contributed by atoms with van der Waals surface area (Å²) >= 11 is 0. The molecule has 0 aliphatic rings.